The molecule has 0 fully saturated rings. The number of benzene rings is 1. The van der Waals surface area contributed by atoms with E-state index < -0.39 is 21.4 Å². The van der Waals surface area contributed by atoms with Crippen molar-refractivity contribution in [3.63, 3.8) is 0 Å². The predicted molar refractivity (Wildman–Crippen MR) is 69.2 cm³/mol. The number of nitrogens with one attached hydrogen (secondary N) is 1. The zero-order valence-corrected chi connectivity index (χ0v) is 11.6. The predicted octanol–water partition coefficient (Wildman–Crippen LogP) is 1.40. The van der Waals surface area contributed by atoms with Crippen molar-refractivity contribution in [3.8, 4) is 0 Å². The Labute approximate surface area is 107 Å². The van der Waals surface area contributed by atoms with Crippen LogP contribution in [0.1, 0.15) is 26.3 Å². The van der Waals surface area contributed by atoms with Gasteiger partial charge in [-0.05, 0) is 51.4 Å². The summed E-state index contributed by atoms with van der Waals surface area (Å²) in [6, 6.07) is 4.02. The molecule has 0 aliphatic carbocycles. The Morgan fingerprint density at radius 3 is 2.44 bits per heavy atom. The Bertz CT molecular complexity index is 521. The molecular weight excluding hydrogens is 255 g/mol. The Kier molecular flexibility index (Phi) is 4.47. The van der Waals surface area contributed by atoms with Gasteiger partial charge in [0.2, 0.25) is 10.0 Å². The number of hydrogen-bond donors (Lipinski definition) is 2. The van der Waals surface area contributed by atoms with E-state index in [1.807, 2.05) is 0 Å². The van der Waals surface area contributed by atoms with Crippen LogP contribution < -0.4 is 10.5 Å². The number of rotatable bonds is 4. The standard InChI is InChI=1S/C12H19FN2O2S/c1-12(2,3)15-18(16,17)11-8-9(6-7-14)4-5-10(11)13/h4-5,8,15H,6-7,14H2,1-3H3. The largest absolute Gasteiger partial charge is 0.330 e. The van der Waals surface area contributed by atoms with Crippen molar-refractivity contribution in [2.45, 2.75) is 37.6 Å². The van der Waals surface area contributed by atoms with Crippen LogP contribution in [0.3, 0.4) is 0 Å². The Hall–Kier alpha value is -0.980. The van der Waals surface area contributed by atoms with E-state index in [9.17, 15) is 12.8 Å². The lowest BCUT2D eigenvalue weighted by Crippen LogP contribution is -2.40. The van der Waals surface area contributed by atoms with Gasteiger partial charge in [0, 0.05) is 5.54 Å². The van der Waals surface area contributed by atoms with Gasteiger partial charge in [-0.25, -0.2) is 17.5 Å². The molecule has 0 heterocycles. The molecule has 0 atom stereocenters. The molecule has 0 spiro atoms. The molecule has 0 bridgehead atoms. The van der Waals surface area contributed by atoms with Crippen molar-refractivity contribution < 1.29 is 12.8 Å². The molecular formula is C12H19FN2O2S. The zero-order chi connectivity index (χ0) is 14.0. The van der Waals surface area contributed by atoms with E-state index in [2.05, 4.69) is 4.72 Å². The number of nitrogens with two attached hydrogens (primary N) is 1. The molecule has 1 rings (SSSR count). The molecule has 6 heteroatoms. The van der Waals surface area contributed by atoms with Crippen molar-refractivity contribution in [2.75, 3.05) is 6.54 Å². The Balaban J connectivity index is 3.19. The quantitative estimate of drug-likeness (QED) is 0.872. The first-order valence-electron chi connectivity index (χ1n) is 5.68. The van der Waals surface area contributed by atoms with Crippen molar-refractivity contribution in [1.29, 1.82) is 0 Å². The highest BCUT2D eigenvalue weighted by Gasteiger charge is 2.25. The van der Waals surface area contributed by atoms with Crippen molar-refractivity contribution in [3.05, 3.63) is 29.6 Å². The highest BCUT2D eigenvalue weighted by atomic mass is 32.2. The molecule has 1 aromatic carbocycles. The van der Waals surface area contributed by atoms with Gasteiger partial charge in [0.1, 0.15) is 10.7 Å². The van der Waals surface area contributed by atoms with Gasteiger partial charge in [-0.15, -0.1) is 0 Å². The normalized spacial score (nSPS) is 12.7. The fourth-order valence-electron chi connectivity index (χ4n) is 1.53. The highest BCUT2D eigenvalue weighted by Crippen LogP contribution is 2.18. The summed E-state index contributed by atoms with van der Waals surface area (Å²) in [6.07, 6.45) is 0.512. The molecule has 0 aliphatic rings. The van der Waals surface area contributed by atoms with E-state index in [0.717, 1.165) is 6.07 Å². The fourth-order valence-corrected chi connectivity index (χ4v) is 3.08. The monoisotopic (exact) mass is 274 g/mol. The Morgan fingerprint density at radius 1 is 1.33 bits per heavy atom. The van der Waals surface area contributed by atoms with Gasteiger partial charge in [-0.2, -0.15) is 0 Å². The number of halogens is 1. The van der Waals surface area contributed by atoms with Crippen LogP contribution in [0, 0.1) is 5.82 Å². The van der Waals surface area contributed by atoms with E-state index >= 15 is 0 Å². The molecule has 0 aromatic heterocycles. The maximum atomic E-state index is 13.6. The van der Waals surface area contributed by atoms with Gasteiger partial charge in [0.05, 0.1) is 0 Å². The van der Waals surface area contributed by atoms with Gasteiger partial charge in [-0.1, -0.05) is 6.07 Å². The van der Waals surface area contributed by atoms with E-state index in [1.54, 1.807) is 20.8 Å². The molecule has 0 saturated heterocycles. The minimum atomic E-state index is -3.86. The van der Waals surface area contributed by atoms with E-state index in [1.165, 1.54) is 12.1 Å². The highest BCUT2D eigenvalue weighted by molar-refractivity contribution is 7.89. The lowest BCUT2D eigenvalue weighted by atomic mass is 10.1. The summed E-state index contributed by atoms with van der Waals surface area (Å²) in [5, 5.41) is 0. The topological polar surface area (TPSA) is 72.2 Å². The van der Waals surface area contributed by atoms with E-state index in [-0.39, 0.29) is 4.90 Å². The van der Waals surface area contributed by atoms with Gasteiger partial charge >= 0.3 is 0 Å². The first-order chi connectivity index (χ1) is 8.15. The maximum absolute atomic E-state index is 13.6. The zero-order valence-electron chi connectivity index (χ0n) is 10.8. The van der Waals surface area contributed by atoms with Crippen molar-refractivity contribution in [2.24, 2.45) is 5.73 Å². The van der Waals surface area contributed by atoms with Crippen molar-refractivity contribution in [1.82, 2.24) is 4.72 Å². The van der Waals surface area contributed by atoms with E-state index in [0.29, 0.717) is 18.5 Å². The molecule has 0 amide bonds. The second-order valence-electron chi connectivity index (χ2n) is 5.16. The average molecular weight is 274 g/mol. The molecule has 0 saturated carbocycles. The molecule has 3 N–H and O–H groups in total. The minimum absolute atomic E-state index is 0.330. The molecule has 18 heavy (non-hydrogen) atoms. The van der Waals surface area contributed by atoms with Crippen LogP contribution in [-0.2, 0) is 16.4 Å². The average Bonchev–Trinajstić information content (AvgIpc) is 2.17. The van der Waals surface area contributed by atoms with Crippen LogP contribution >= 0.6 is 0 Å². The first kappa shape index (κ1) is 15.1. The summed E-state index contributed by atoms with van der Waals surface area (Å²) in [4.78, 5) is -0.330. The first-order valence-corrected chi connectivity index (χ1v) is 7.16. The van der Waals surface area contributed by atoms with E-state index in [4.69, 9.17) is 5.73 Å². The van der Waals surface area contributed by atoms with Gasteiger partial charge in [0.25, 0.3) is 0 Å². The van der Waals surface area contributed by atoms with Crippen LogP contribution in [0.25, 0.3) is 0 Å². The molecule has 0 aliphatic heterocycles. The molecule has 4 nitrogen and oxygen atoms in total. The van der Waals surface area contributed by atoms with Crippen LogP contribution in [-0.4, -0.2) is 20.5 Å². The summed E-state index contributed by atoms with van der Waals surface area (Å²) in [5.74, 6) is -0.757. The molecule has 0 unspecified atom stereocenters. The summed E-state index contributed by atoms with van der Waals surface area (Å²) in [7, 11) is -3.86. The second-order valence-corrected chi connectivity index (χ2v) is 6.81. The minimum Gasteiger partial charge on any atom is -0.330 e. The van der Waals surface area contributed by atoms with Crippen LogP contribution in [0.4, 0.5) is 4.39 Å². The number of hydrogen-bond acceptors (Lipinski definition) is 3. The smallest absolute Gasteiger partial charge is 0.243 e. The summed E-state index contributed by atoms with van der Waals surface area (Å²) in [6.45, 7) is 5.49. The Morgan fingerprint density at radius 2 is 1.94 bits per heavy atom. The third kappa shape index (κ3) is 4.04. The molecule has 1 aromatic rings. The van der Waals surface area contributed by atoms with Crippen LogP contribution in [0.15, 0.2) is 23.1 Å². The second kappa shape index (κ2) is 5.34. The molecule has 102 valence electrons. The number of sulfonamides is 1. The van der Waals surface area contributed by atoms with Crippen LogP contribution in [0.5, 0.6) is 0 Å². The summed E-state index contributed by atoms with van der Waals surface area (Å²) in [5.41, 5.74) is 5.45. The van der Waals surface area contributed by atoms with Gasteiger partial charge < -0.3 is 5.73 Å². The summed E-state index contributed by atoms with van der Waals surface area (Å²) >= 11 is 0. The van der Waals surface area contributed by atoms with Gasteiger partial charge in [0.15, 0.2) is 0 Å². The lowest BCUT2D eigenvalue weighted by molar-refractivity contribution is 0.486. The SMILES string of the molecule is CC(C)(C)NS(=O)(=O)c1cc(CCN)ccc1F. The third-order valence-corrected chi connectivity index (χ3v) is 3.93. The lowest BCUT2D eigenvalue weighted by Gasteiger charge is -2.20. The van der Waals surface area contributed by atoms with Crippen LogP contribution in [0.2, 0.25) is 0 Å². The summed E-state index contributed by atoms with van der Waals surface area (Å²) < 4.78 is 40.1. The maximum Gasteiger partial charge on any atom is 0.243 e. The fraction of sp³-hybridized carbons (Fsp3) is 0.500. The van der Waals surface area contributed by atoms with Crippen molar-refractivity contribution >= 4 is 10.0 Å². The van der Waals surface area contributed by atoms with Gasteiger partial charge in [-0.3, -0.25) is 0 Å². The third-order valence-electron chi connectivity index (χ3n) is 2.16. The molecule has 0 radical (unpaired) electrons.